The van der Waals surface area contributed by atoms with E-state index in [1.807, 2.05) is 12.1 Å². The van der Waals surface area contributed by atoms with Crippen molar-refractivity contribution in [1.29, 1.82) is 0 Å². The lowest BCUT2D eigenvalue weighted by molar-refractivity contribution is -0.433. The summed E-state index contributed by atoms with van der Waals surface area (Å²) < 4.78 is 9.62. The van der Waals surface area contributed by atoms with E-state index in [9.17, 15) is 4.79 Å². The summed E-state index contributed by atoms with van der Waals surface area (Å²) in [6.07, 6.45) is 10.7. The first kappa shape index (κ1) is 42.6. The number of carbonyl (C=O) groups is 1. The molecule has 0 bridgehead atoms. The molecule has 0 radical (unpaired) electrons. The molecule has 8 rings (SSSR count). The molecule has 0 saturated heterocycles. The maximum absolute atomic E-state index is 12.3. The lowest BCUT2D eigenvalue weighted by Crippen LogP contribution is -3.00. The largest absolute Gasteiger partial charge is 1.00 e. The second-order valence-electron chi connectivity index (χ2n) is 16.4. The maximum atomic E-state index is 12.3. The first-order chi connectivity index (χ1) is 27.3. The molecule has 8 heteroatoms. The van der Waals surface area contributed by atoms with Gasteiger partial charge in [0.1, 0.15) is 6.54 Å². The summed E-state index contributed by atoms with van der Waals surface area (Å²) >= 11 is 14.9. The number of fused-ring (bicyclic) bond motifs is 6. The van der Waals surface area contributed by atoms with Crippen molar-refractivity contribution in [1.82, 2.24) is 0 Å². The number of rotatable bonds is 7. The number of esters is 1. The maximum Gasteiger partial charge on any atom is 0.337 e. The highest BCUT2D eigenvalue weighted by Gasteiger charge is 2.45. The normalized spacial score (nSPS) is 19.8. The number of allylic oxidation sites excluding steroid dienone is 8. The Bertz CT molecular complexity index is 2650. The Morgan fingerprint density at radius 3 is 2.09 bits per heavy atom. The van der Waals surface area contributed by atoms with Crippen LogP contribution in [0.1, 0.15) is 87.4 Å². The molecule has 3 aliphatic rings. The zero-order valence-electron chi connectivity index (χ0n) is 34.0. The number of hydrogen-bond donors (Lipinski definition) is 0. The Kier molecular flexibility index (Phi) is 12.1. The van der Waals surface area contributed by atoms with Gasteiger partial charge >= 0.3 is 5.97 Å². The van der Waals surface area contributed by atoms with Crippen molar-refractivity contribution in [3.05, 3.63) is 162 Å². The van der Waals surface area contributed by atoms with E-state index in [1.165, 1.54) is 68.1 Å². The lowest BCUT2D eigenvalue weighted by atomic mass is 9.78. The Labute approximate surface area is 381 Å². The van der Waals surface area contributed by atoms with Crippen LogP contribution in [0.3, 0.4) is 0 Å². The van der Waals surface area contributed by atoms with Crippen LogP contribution in [0.15, 0.2) is 140 Å². The third kappa shape index (κ3) is 7.26. The monoisotopic (exact) mass is 1030 g/mol. The van der Waals surface area contributed by atoms with E-state index < -0.39 is 0 Å². The number of benzene rings is 5. The van der Waals surface area contributed by atoms with Crippen LogP contribution in [-0.4, -0.2) is 36.5 Å². The molecule has 1 atom stereocenters. The van der Waals surface area contributed by atoms with Crippen LogP contribution in [0, 0.1) is 0 Å². The summed E-state index contributed by atoms with van der Waals surface area (Å²) in [5, 5.41) is 5.84. The van der Waals surface area contributed by atoms with Crippen LogP contribution < -0.4 is 28.9 Å². The van der Waals surface area contributed by atoms with E-state index in [-0.39, 0.29) is 46.7 Å². The summed E-state index contributed by atoms with van der Waals surface area (Å²) in [5.41, 5.74) is 11.2. The van der Waals surface area contributed by atoms with E-state index in [1.54, 1.807) is 0 Å². The second kappa shape index (κ2) is 16.5. The Balaban J connectivity index is 0.00000512. The van der Waals surface area contributed by atoms with Gasteiger partial charge in [-0.05, 0) is 145 Å². The van der Waals surface area contributed by atoms with Gasteiger partial charge in [0.2, 0.25) is 5.69 Å². The first-order valence-electron chi connectivity index (χ1n) is 19.8. The zero-order valence-corrected chi connectivity index (χ0v) is 40.1. The molecule has 1 unspecified atom stereocenters. The Morgan fingerprint density at radius 1 is 0.828 bits per heavy atom. The van der Waals surface area contributed by atoms with Crippen molar-refractivity contribution in [3.63, 3.8) is 0 Å². The average Bonchev–Trinajstić information content (AvgIpc) is 3.57. The smallest absolute Gasteiger partial charge is 0.337 e. The summed E-state index contributed by atoms with van der Waals surface area (Å²) in [7, 11) is 1.42. The van der Waals surface area contributed by atoms with E-state index in [2.05, 4.69) is 180 Å². The molecule has 4 nitrogen and oxygen atoms in total. The number of carbonyl (C=O) groups excluding carboxylic acids is 1. The highest BCUT2D eigenvalue weighted by molar-refractivity contribution is 9.10. The molecule has 5 aromatic carbocycles. The minimum Gasteiger partial charge on any atom is -1.00 e. The summed E-state index contributed by atoms with van der Waals surface area (Å²) in [6.45, 7) is 15.5. The highest BCUT2D eigenvalue weighted by atomic mass is 127. The van der Waals surface area contributed by atoms with E-state index >= 15 is 0 Å². The topological polar surface area (TPSA) is 32.6 Å². The number of likely N-dealkylation sites (N-methyl/N-ethyl adjacent to an activating group) is 1. The molecule has 0 fully saturated rings. The number of ether oxygens (including phenoxy) is 1. The van der Waals surface area contributed by atoms with E-state index in [0.29, 0.717) is 5.56 Å². The fraction of sp³-hybridized carbons (Fsp3) is 0.280. The average molecular weight is 1030 g/mol. The molecule has 298 valence electrons. The van der Waals surface area contributed by atoms with Gasteiger partial charge in [0.15, 0.2) is 5.71 Å². The Hall–Kier alpha value is -3.50. The predicted molar refractivity (Wildman–Crippen MR) is 246 cm³/mol. The molecular formula is C50H48Br2ClIN2O2. The molecule has 0 N–H and O–H groups in total. The van der Waals surface area contributed by atoms with Gasteiger partial charge in [-0.1, -0.05) is 99.8 Å². The highest BCUT2D eigenvalue weighted by Crippen LogP contribution is 2.52. The number of nitrogens with zero attached hydrogens (tertiary/aromatic N) is 2. The van der Waals surface area contributed by atoms with Gasteiger partial charge in [-0.25, -0.2) is 4.79 Å². The molecule has 5 aromatic rings. The van der Waals surface area contributed by atoms with Crippen LogP contribution in [-0.2, 0) is 15.6 Å². The van der Waals surface area contributed by atoms with Crippen molar-refractivity contribution < 1.29 is 38.1 Å². The summed E-state index contributed by atoms with van der Waals surface area (Å²) in [4.78, 5) is 14.8. The second-order valence-corrected chi connectivity index (χ2v) is 18.6. The molecular weight excluding hydrogens is 983 g/mol. The third-order valence-corrected chi connectivity index (χ3v) is 13.9. The lowest BCUT2D eigenvalue weighted by Gasteiger charge is -2.28. The Morgan fingerprint density at radius 2 is 1.47 bits per heavy atom. The minimum absolute atomic E-state index is 0. The molecule has 0 aromatic heterocycles. The quantitative estimate of drug-likeness (QED) is 0.0925. The molecule has 2 heterocycles. The van der Waals surface area contributed by atoms with Gasteiger partial charge < -0.3 is 33.6 Å². The summed E-state index contributed by atoms with van der Waals surface area (Å²) in [5.74, 6) is -0.159. The number of methoxy groups -OCH3 is 1. The van der Waals surface area contributed by atoms with Crippen molar-refractivity contribution in [2.45, 2.75) is 71.1 Å². The van der Waals surface area contributed by atoms with Gasteiger partial charge in [-0.3, -0.25) is 0 Å². The van der Waals surface area contributed by atoms with Gasteiger partial charge in [0, 0.05) is 55.0 Å². The van der Waals surface area contributed by atoms with Crippen LogP contribution in [0.25, 0.3) is 21.5 Å². The van der Waals surface area contributed by atoms with Gasteiger partial charge in [0.25, 0.3) is 0 Å². The van der Waals surface area contributed by atoms with E-state index in [0.717, 1.165) is 51.1 Å². The van der Waals surface area contributed by atoms with Crippen LogP contribution in [0.5, 0.6) is 0 Å². The van der Waals surface area contributed by atoms with Crippen LogP contribution in [0.2, 0.25) is 0 Å². The third-order valence-electron chi connectivity index (χ3n) is 12.4. The van der Waals surface area contributed by atoms with Crippen molar-refractivity contribution in [2.24, 2.45) is 0 Å². The minimum atomic E-state index is -0.330. The van der Waals surface area contributed by atoms with Crippen molar-refractivity contribution in [3.8, 4) is 0 Å². The van der Waals surface area contributed by atoms with Gasteiger partial charge in [0.05, 0.1) is 18.1 Å². The molecule has 0 spiro atoms. The number of hydrogen-bond acceptors (Lipinski definition) is 3. The van der Waals surface area contributed by atoms with Gasteiger partial charge in [-0.15, -0.1) is 0 Å². The predicted octanol–water partition coefficient (Wildman–Crippen LogP) is 11.0. The van der Waals surface area contributed by atoms with Crippen LogP contribution >= 0.6 is 43.5 Å². The standard InChI is InChI=1S/C50H48Br2ClN2O2.HI/c1-8-54-41-22-14-32-28-37(51)18-20-39(32)45(41)49(3,4)43(54)24-16-34-26-36(30-10-12-31(13-11-30)48(56)57-7)27-35(47(34)53)17-25-44-50(5,6)46-40-21-19-38(52)29-33(40)15-23-42(46)55(44)9-2;/h10-25,28-29,36H,8-9,26-27H2,1-7H3;1H/q+1;/p-1. The molecule has 2 aliphatic heterocycles. The van der Waals surface area contributed by atoms with Crippen LogP contribution in [0.4, 0.5) is 11.4 Å². The zero-order chi connectivity index (χ0) is 40.4. The van der Waals surface area contributed by atoms with Crippen molar-refractivity contribution in [2.75, 3.05) is 25.1 Å². The molecule has 0 saturated carbocycles. The van der Waals surface area contributed by atoms with Crippen molar-refractivity contribution >= 4 is 88.1 Å². The molecule has 1 aliphatic carbocycles. The fourth-order valence-corrected chi connectivity index (χ4v) is 10.7. The number of halogens is 4. The summed E-state index contributed by atoms with van der Waals surface area (Å²) in [6, 6.07) is 30.1. The fourth-order valence-electron chi connectivity index (χ4n) is 9.69. The molecule has 58 heavy (non-hydrogen) atoms. The SMILES string of the molecule is CCN1/C(=C\C=C2\CC(c3ccc(C(=O)OC)cc3)CC(/C=C/C3=[N+](CC)c4ccc5cc(Br)ccc5c4C3(C)C)=C2Cl)C(C)(C)c2c1ccc1cc(Br)ccc21.[I-]. The van der Waals surface area contributed by atoms with E-state index in [4.69, 9.17) is 16.3 Å². The molecule has 0 amide bonds. The first-order valence-corrected chi connectivity index (χ1v) is 21.8. The van der Waals surface area contributed by atoms with Gasteiger partial charge in [-0.2, -0.15) is 4.58 Å². The number of anilines is 1.